The third-order valence-electron chi connectivity index (χ3n) is 3.46. The van der Waals surface area contributed by atoms with E-state index in [-0.39, 0.29) is 0 Å². The van der Waals surface area contributed by atoms with Crippen LogP contribution in [0.5, 0.6) is 5.75 Å². The second-order valence-electron chi connectivity index (χ2n) is 5.19. The van der Waals surface area contributed by atoms with E-state index in [2.05, 4.69) is 20.6 Å². The van der Waals surface area contributed by atoms with Crippen LogP contribution in [-0.4, -0.2) is 17.1 Å². The standard InChI is InChI=1S/C18H19N5O/c1-24-15-9-7-14(8-10-15)22-17-16(19)12-21-18(23-17)20-11-13-5-3-2-4-6-13/h2-10,12H,11,19H2,1H3,(H2,20,21,22,23). The van der Waals surface area contributed by atoms with Gasteiger partial charge in [-0.05, 0) is 29.8 Å². The molecule has 24 heavy (non-hydrogen) atoms. The minimum atomic E-state index is 0.482. The molecule has 0 aliphatic heterocycles. The molecule has 0 saturated carbocycles. The third-order valence-corrected chi connectivity index (χ3v) is 3.46. The number of benzene rings is 2. The van der Waals surface area contributed by atoms with Gasteiger partial charge in [0.2, 0.25) is 5.95 Å². The van der Waals surface area contributed by atoms with Gasteiger partial charge in [-0.25, -0.2) is 4.98 Å². The maximum atomic E-state index is 5.96. The summed E-state index contributed by atoms with van der Waals surface area (Å²) in [6.07, 6.45) is 1.59. The van der Waals surface area contributed by atoms with E-state index < -0.39 is 0 Å². The maximum Gasteiger partial charge on any atom is 0.225 e. The van der Waals surface area contributed by atoms with Crippen molar-refractivity contribution in [2.75, 3.05) is 23.5 Å². The van der Waals surface area contributed by atoms with Crippen molar-refractivity contribution in [1.29, 1.82) is 0 Å². The SMILES string of the molecule is COc1ccc(Nc2nc(NCc3ccccc3)ncc2N)cc1. The molecule has 0 unspecified atom stereocenters. The molecule has 6 heteroatoms. The monoisotopic (exact) mass is 321 g/mol. The summed E-state index contributed by atoms with van der Waals surface area (Å²) in [4.78, 5) is 8.65. The number of nitrogens with two attached hydrogens (primary N) is 1. The third kappa shape index (κ3) is 3.92. The summed E-state index contributed by atoms with van der Waals surface area (Å²) in [6, 6.07) is 17.6. The van der Waals surface area contributed by atoms with Crippen molar-refractivity contribution >= 4 is 23.1 Å². The molecule has 0 spiro atoms. The number of rotatable bonds is 6. The summed E-state index contributed by atoms with van der Waals surface area (Å²) < 4.78 is 5.15. The van der Waals surface area contributed by atoms with Crippen molar-refractivity contribution in [3.8, 4) is 5.75 Å². The molecule has 1 heterocycles. The number of ether oxygens (including phenoxy) is 1. The van der Waals surface area contributed by atoms with Crippen molar-refractivity contribution in [3.05, 3.63) is 66.4 Å². The molecular formula is C18H19N5O. The zero-order chi connectivity index (χ0) is 16.8. The first-order valence-electron chi connectivity index (χ1n) is 7.56. The van der Waals surface area contributed by atoms with Crippen LogP contribution in [0.2, 0.25) is 0 Å². The van der Waals surface area contributed by atoms with Gasteiger partial charge < -0.3 is 21.1 Å². The van der Waals surface area contributed by atoms with Crippen LogP contribution in [0.1, 0.15) is 5.56 Å². The van der Waals surface area contributed by atoms with E-state index in [4.69, 9.17) is 10.5 Å². The number of anilines is 4. The highest BCUT2D eigenvalue weighted by molar-refractivity contribution is 5.69. The smallest absolute Gasteiger partial charge is 0.225 e. The molecule has 3 aromatic rings. The molecule has 0 saturated heterocycles. The molecule has 0 aliphatic rings. The summed E-state index contributed by atoms with van der Waals surface area (Å²) in [7, 11) is 1.63. The van der Waals surface area contributed by atoms with Gasteiger partial charge in [-0.1, -0.05) is 30.3 Å². The van der Waals surface area contributed by atoms with Crippen LogP contribution < -0.4 is 21.1 Å². The topological polar surface area (TPSA) is 85.1 Å². The van der Waals surface area contributed by atoms with Crippen molar-refractivity contribution in [2.45, 2.75) is 6.54 Å². The van der Waals surface area contributed by atoms with Crippen molar-refractivity contribution in [3.63, 3.8) is 0 Å². The normalized spacial score (nSPS) is 10.2. The average molecular weight is 321 g/mol. The fourth-order valence-corrected chi connectivity index (χ4v) is 2.16. The molecule has 6 nitrogen and oxygen atoms in total. The largest absolute Gasteiger partial charge is 0.497 e. The first-order valence-corrected chi connectivity index (χ1v) is 7.56. The Balaban J connectivity index is 1.71. The number of methoxy groups -OCH3 is 1. The van der Waals surface area contributed by atoms with Crippen LogP contribution in [0.25, 0.3) is 0 Å². The second kappa shape index (κ2) is 7.32. The van der Waals surface area contributed by atoms with Crippen LogP contribution in [0.3, 0.4) is 0 Å². The fourth-order valence-electron chi connectivity index (χ4n) is 2.16. The fraction of sp³-hybridized carbons (Fsp3) is 0.111. The Kier molecular flexibility index (Phi) is 4.76. The zero-order valence-electron chi connectivity index (χ0n) is 13.4. The minimum absolute atomic E-state index is 0.482. The first kappa shape index (κ1) is 15.6. The van der Waals surface area contributed by atoms with Crippen molar-refractivity contribution in [2.24, 2.45) is 0 Å². The highest BCUT2D eigenvalue weighted by atomic mass is 16.5. The molecule has 2 aromatic carbocycles. The molecule has 0 radical (unpaired) electrons. The average Bonchev–Trinajstić information content (AvgIpc) is 2.64. The molecule has 0 aliphatic carbocycles. The van der Waals surface area contributed by atoms with E-state index in [0.717, 1.165) is 17.0 Å². The molecule has 0 amide bonds. The van der Waals surface area contributed by atoms with Gasteiger partial charge in [-0.15, -0.1) is 0 Å². The first-order chi connectivity index (χ1) is 11.7. The Bertz CT molecular complexity index is 790. The lowest BCUT2D eigenvalue weighted by molar-refractivity contribution is 0.415. The molecule has 0 bridgehead atoms. The van der Waals surface area contributed by atoms with Crippen LogP contribution in [0.4, 0.5) is 23.1 Å². The van der Waals surface area contributed by atoms with Gasteiger partial charge >= 0.3 is 0 Å². The molecule has 0 atom stereocenters. The Morgan fingerprint density at radius 1 is 1.04 bits per heavy atom. The number of nitrogen functional groups attached to an aromatic ring is 1. The van der Waals surface area contributed by atoms with Gasteiger partial charge in [-0.2, -0.15) is 4.98 Å². The second-order valence-corrected chi connectivity index (χ2v) is 5.19. The van der Waals surface area contributed by atoms with Gasteiger partial charge in [0.15, 0.2) is 5.82 Å². The minimum Gasteiger partial charge on any atom is -0.497 e. The molecule has 122 valence electrons. The molecular weight excluding hydrogens is 302 g/mol. The summed E-state index contributed by atoms with van der Waals surface area (Å²) >= 11 is 0. The van der Waals surface area contributed by atoms with E-state index in [9.17, 15) is 0 Å². The summed E-state index contributed by atoms with van der Waals surface area (Å²) in [5.41, 5.74) is 8.47. The van der Waals surface area contributed by atoms with Crippen LogP contribution in [0, 0.1) is 0 Å². The van der Waals surface area contributed by atoms with Gasteiger partial charge in [0.05, 0.1) is 19.0 Å². The Morgan fingerprint density at radius 2 is 1.79 bits per heavy atom. The number of nitrogens with one attached hydrogen (secondary N) is 2. The predicted octanol–water partition coefficient (Wildman–Crippen LogP) is 3.42. The van der Waals surface area contributed by atoms with Crippen LogP contribution in [0.15, 0.2) is 60.8 Å². The van der Waals surface area contributed by atoms with Crippen LogP contribution >= 0.6 is 0 Å². The predicted molar refractivity (Wildman–Crippen MR) is 96.5 cm³/mol. The number of hydrogen-bond acceptors (Lipinski definition) is 6. The lowest BCUT2D eigenvalue weighted by Gasteiger charge is -2.11. The highest BCUT2D eigenvalue weighted by Crippen LogP contribution is 2.23. The summed E-state index contributed by atoms with van der Waals surface area (Å²) in [5, 5.41) is 6.39. The Hall–Kier alpha value is -3.28. The summed E-state index contributed by atoms with van der Waals surface area (Å²) in [5.74, 6) is 1.87. The molecule has 0 fully saturated rings. The zero-order valence-corrected chi connectivity index (χ0v) is 13.4. The van der Waals surface area contributed by atoms with Crippen LogP contribution in [-0.2, 0) is 6.54 Å². The van der Waals surface area contributed by atoms with E-state index in [1.807, 2.05) is 54.6 Å². The van der Waals surface area contributed by atoms with Crippen molar-refractivity contribution < 1.29 is 4.74 Å². The summed E-state index contributed by atoms with van der Waals surface area (Å²) in [6.45, 7) is 0.646. The lowest BCUT2D eigenvalue weighted by Crippen LogP contribution is -2.07. The van der Waals surface area contributed by atoms with E-state index in [1.54, 1.807) is 13.3 Å². The number of nitrogens with zero attached hydrogens (tertiary/aromatic N) is 2. The Morgan fingerprint density at radius 3 is 2.50 bits per heavy atom. The van der Waals surface area contributed by atoms with Gasteiger partial charge in [0.1, 0.15) is 5.75 Å². The molecule has 3 rings (SSSR count). The van der Waals surface area contributed by atoms with E-state index in [1.165, 1.54) is 0 Å². The lowest BCUT2D eigenvalue weighted by atomic mass is 10.2. The number of hydrogen-bond donors (Lipinski definition) is 3. The van der Waals surface area contributed by atoms with E-state index >= 15 is 0 Å². The molecule has 4 N–H and O–H groups in total. The quantitative estimate of drug-likeness (QED) is 0.645. The number of aromatic nitrogens is 2. The maximum absolute atomic E-state index is 5.96. The van der Waals surface area contributed by atoms with Gasteiger partial charge in [0, 0.05) is 12.2 Å². The van der Waals surface area contributed by atoms with E-state index in [0.29, 0.717) is 24.0 Å². The van der Waals surface area contributed by atoms with Gasteiger partial charge in [-0.3, -0.25) is 0 Å². The van der Waals surface area contributed by atoms with Gasteiger partial charge in [0.25, 0.3) is 0 Å². The molecule has 1 aromatic heterocycles. The van der Waals surface area contributed by atoms with Crippen molar-refractivity contribution in [1.82, 2.24) is 9.97 Å². The highest BCUT2D eigenvalue weighted by Gasteiger charge is 2.05. The Labute approximate surface area is 140 Å².